The highest BCUT2D eigenvalue weighted by molar-refractivity contribution is 5.98. The zero-order chi connectivity index (χ0) is 17.1. The number of carbonyl (C=O) groups is 2. The maximum Gasteiger partial charge on any atom is 0.242 e. The molecule has 2 fully saturated rings. The van der Waals surface area contributed by atoms with Crippen LogP contribution in [0.3, 0.4) is 0 Å². The lowest BCUT2D eigenvalue weighted by molar-refractivity contribution is -0.140. The van der Waals surface area contributed by atoms with Crippen LogP contribution in [0.1, 0.15) is 35.7 Å². The lowest BCUT2D eigenvalue weighted by Crippen LogP contribution is -2.57. The van der Waals surface area contributed by atoms with E-state index in [2.05, 4.69) is 5.32 Å². The van der Waals surface area contributed by atoms with E-state index in [0.717, 1.165) is 24.0 Å². The van der Waals surface area contributed by atoms with Gasteiger partial charge in [0.2, 0.25) is 5.91 Å². The molecule has 0 radical (unpaired) electrons. The molecule has 2 aliphatic rings. The number of nitrogens with zero attached hydrogens (tertiary/aromatic N) is 1. The van der Waals surface area contributed by atoms with Gasteiger partial charge in [0.15, 0.2) is 5.78 Å². The van der Waals surface area contributed by atoms with Crippen molar-refractivity contribution < 1.29 is 14.3 Å². The van der Waals surface area contributed by atoms with Gasteiger partial charge in [0.25, 0.3) is 0 Å². The monoisotopic (exact) mass is 330 g/mol. The Morgan fingerprint density at radius 2 is 1.83 bits per heavy atom. The van der Waals surface area contributed by atoms with Crippen molar-refractivity contribution in [2.75, 3.05) is 26.2 Å². The van der Waals surface area contributed by atoms with Crippen LogP contribution in [0.2, 0.25) is 0 Å². The molecule has 2 aliphatic heterocycles. The predicted molar refractivity (Wildman–Crippen MR) is 92.0 cm³/mol. The number of likely N-dealkylation sites (tertiary alicyclic amines) is 1. The normalized spacial score (nSPS) is 25.5. The summed E-state index contributed by atoms with van der Waals surface area (Å²) in [6.45, 7) is 6.60. The van der Waals surface area contributed by atoms with E-state index in [1.54, 1.807) is 0 Å². The summed E-state index contributed by atoms with van der Waals surface area (Å²) >= 11 is 0. The summed E-state index contributed by atoms with van der Waals surface area (Å²) < 4.78 is 5.57. The van der Waals surface area contributed by atoms with E-state index in [4.69, 9.17) is 4.74 Å². The first-order valence-electron chi connectivity index (χ1n) is 8.81. The summed E-state index contributed by atoms with van der Waals surface area (Å²) in [4.78, 5) is 27.1. The molecule has 0 bridgehead atoms. The molecule has 2 saturated heterocycles. The number of hydrogen-bond acceptors (Lipinski definition) is 4. The highest BCUT2D eigenvalue weighted by Gasteiger charge is 2.34. The molecule has 1 aromatic carbocycles. The molecule has 5 heteroatoms. The van der Waals surface area contributed by atoms with Crippen LogP contribution >= 0.6 is 0 Å². The minimum absolute atomic E-state index is 0.0183. The fraction of sp³-hybridized carbons (Fsp3) is 0.579. The number of morpholine rings is 1. The Hall–Kier alpha value is -1.72. The lowest BCUT2D eigenvalue weighted by Gasteiger charge is -2.37. The molecule has 1 aromatic rings. The van der Waals surface area contributed by atoms with Gasteiger partial charge < -0.3 is 15.0 Å². The third-order valence-electron chi connectivity index (χ3n) is 5.10. The maximum atomic E-state index is 12.6. The van der Waals surface area contributed by atoms with Gasteiger partial charge in [-0.2, -0.15) is 0 Å². The second-order valence-electron chi connectivity index (χ2n) is 6.84. The average molecular weight is 330 g/mol. The van der Waals surface area contributed by atoms with Gasteiger partial charge in [-0.05, 0) is 26.7 Å². The number of piperidine rings is 1. The van der Waals surface area contributed by atoms with Gasteiger partial charge in [-0.3, -0.25) is 9.59 Å². The van der Waals surface area contributed by atoms with E-state index < -0.39 is 0 Å². The third kappa shape index (κ3) is 3.68. The van der Waals surface area contributed by atoms with Crippen LogP contribution < -0.4 is 5.32 Å². The van der Waals surface area contributed by atoms with Crippen molar-refractivity contribution in [3.63, 3.8) is 0 Å². The second-order valence-corrected chi connectivity index (χ2v) is 6.84. The lowest BCUT2D eigenvalue weighted by atomic mass is 9.88. The number of hydrogen-bond donors (Lipinski definition) is 1. The van der Waals surface area contributed by atoms with Crippen LogP contribution in [-0.4, -0.2) is 55.0 Å². The molecular formula is C19H26N2O3. The van der Waals surface area contributed by atoms with Crippen LogP contribution in [0.15, 0.2) is 24.3 Å². The smallest absolute Gasteiger partial charge is 0.242 e. The number of ketones is 1. The van der Waals surface area contributed by atoms with Gasteiger partial charge in [-0.15, -0.1) is 0 Å². The number of rotatable bonds is 3. The van der Waals surface area contributed by atoms with E-state index in [-0.39, 0.29) is 29.8 Å². The van der Waals surface area contributed by atoms with Crippen molar-refractivity contribution >= 4 is 11.7 Å². The molecule has 5 nitrogen and oxygen atoms in total. The van der Waals surface area contributed by atoms with Crippen LogP contribution in [0.5, 0.6) is 0 Å². The van der Waals surface area contributed by atoms with Crippen molar-refractivity contribution in [3.05, 3.63) is 35.4 Å². The molecule has 1 amide bonds. The molecule has 0 saturated carbocycles. The molecule has 24 heavy (non-hydrogen) atoms. The van der Waals surface area contributed by atoms with Crippen LogP contribution in [0, 0.1) is 12.8 Å². The largest absolute Gasteiger partial charge is 0.375 e. The highest BCUT2D eigenvalue weighted by Crippen LogP contribution is 2.23. The second kappa shape index (κ2) is 7.45. The van der Waals surface area contributed by atoms with Gasteiger partial charge >= 0.3 is 0 Å². The van der Waals surface area contributed by atoms with Gasteiger partial charge in [0.05, 0.1) is 12.7 Å². The highest BCUT2D eigenvalue weighted by atomic mass is 16.5. The fourth-order valence-electron chi connectivity index (χ4n) is 3.52. The standard InChI is InChI=1S/C19H26N2O3/c1-13-3-5-15(6-4-13)18(22)16-7-10-21(11-8-16)19(23)17-14(2)24-12-9-20-17/h3-6,14,16-17,20H,7-12H2,1-2H3/t14-,17+/m1/s1. The number of amides is 1. The van der Waals surface area contributed by atoms with E-state index in [0.29, 0.717) is 26.2 Å². The Balaban J connectivity index is 1.56. The Morgan fingerprint density at radius 3 is 2.46 bits per heavy atom. The molecule has 2 atom stereocenters. The molecule has 3 rings (SSSR count). The SMILES string of the molecule is Cc1ccc(C(=O)C2CCN(C(=O)[C@H]3NCCO[C@@H]3C)CC2)cc1. The van der Waals surface area contributed by atoms with Crippen molar-refractivity contribution in [2.24, 2.45) is 5.92 Å². The number of ether oxygens (including phenoxy) is 1. The molecule has 1 N–H and O–H groups in total. The summed E-state index contributed by atoms with van der Waals surface area (Å²) in [5.41, 5.74) is 1.93. The topological polar surface area (TPSA) is 58.6 Å². The summed E-state index contributed by atoms with van der Waals surface area (Å²) in [5, 5.41) is 3.25. The molecule has 2 heterocycles. The minimum Gasteiger partial charge on any atom is -0.375 e. The first kappa shape index (κ1) is 17.1. The van der Waals surface area contributed by atoms with Gasteiger partial charge in [-0.25, -0.2) is 0 Å². The molecule has 0 aliphatic carbocycles. The van der Waals surface area contributed by atoms with Crippen molar-refractivity contribution in [2.45, 2.75) is 38.8 Å². The number of aryl methyl sites for hydroxylation is 1. The first-order chi connectivity index (χ1) is 11.6. The average Bonchev–Trinajstić information content (AvgIpc) is 2.62. The fourth-order valence-corrected chi connectivity index (χ4v) is 3.52. The molecule has 130 valence electrons. The Kier molecular flexibility index (Phi) is 5.31. The van der Waals surface area contributed by atoms with Crippen molar-refractivity contribution in [3.8, 4) is 0 Å². The number of nitrogens with one attached hydrogen (secondary N) is 1. The summed E-state index contributed by atoms with van der Waals surface area (Å²) in [5.74, 6) is 0.322. The first-order valence-corrected chi connectivity index (χ1v) is 8.81. The van der Waals surface area contributed by atoms with Crippen LogP contribution in [0.25, 0.3) is 0 Å². The number of Topliss-reactive ketones (excluding diaryl/α,β-unsaturated/α-hetero) is 1. The van der Waals surface area contributed by atoms with Crippen molar-refractivity contribution in [1.29, 1.82) is 0 Å². The molecule has 0 aromatic heterocycles. The van der Waals surface area contributed by atoms with Gasteiger partial charge in [-0.1, -0.05) is 29.8 Å². The molecule has 0 unspecified atom stereocenters. The Bertz CT molecular complexity index is 591. The molecular weight excluding hydrogens is 304 g/mol. The van der Waals surface area contributed by atoms with E-state index in [1.165, 1.54) is 0 Å². The Labute approximate surface area is 143 Å². The van der Waals surface area contributed by atoms with Gasteiger partial charge in [0.1, 0.15) is 6.04 Å². The quantitative estimate of drug-likeness (QED) is 0.859. The predicted octanol–water partition coefficient (Wildman–Crippen LogP) is 1.79. The van der Waals surface area contributed by atoms with E-state index in [1.807, 2.05) is 43.0 Å². The van der Waals surface area contributed by atoms with E-state index >= 15 is 0 Å². The number of carbonyl (C=O) groups excluding carboxylic acids is 2. The zero-order valence-electron chi connectivity index (χ0n) is 14.5. The van der Waals surface area contributed by atoms with Crippen LogP contribution in [0.4, 0.5) is 0 Å². The van der Waals surface area contributed by atoms with Crippen molar-refractivity contribution in [1.82, 2.24) is 10.2 Å². The summed E-state index contributed by atoms with van der Waals surface area (Å²) in [6, 6.07) is 7.49. The molecule has 0 spiro atoms. The summed E-state index contributed by atoms with van der Waals surface area (Å²) in [6.07, 6.45) is 1.37. The minimum atomic E-state index is -0.261. The third-order valence-corrected chi connectivity index (χ3v) is 5.10. The number of benzene rings is 1. The maximum absolute atomic E-state index is 12.6. The summed E-state index contributed by atoms with van der Waals surface area (Å²) in [7, 11) is 0. The Morgan fingerprint density at radius 1 is 1.17 bits per heavy atom. The van der Waals surface area contributed by atoms with Gasteiger partial charge in [0, 0.05) is 31.1 Å². The van der Waals surface area contributed by atoms with E-state index in [9.17, 15) is 9.59 Å². The van der Waals surface area contributed by atoms with Crippen LogP contribution in [-0.2, 0) is 9.53 Å². The zero-order valence-corrected chi connectivity index (χ0v) is 14.5.